The van der Waals surface area contributed by atoms with Crippen LogP contribution in [0.5, 0.6) is 11.5 Å². The van der Waals surface area contributed by atoms with Crippen LogP contribution in [0.2, 0.25) is 0 Å². The van der Waals surface area contributed by atoms with Crippen LogP contribution in [0.3, 0.4) is 0 Å². The lowest BCUT2D eigenvalue weighted by Gasteiger charge is -2.12. The Labute approximate surface area is 139 Å². The fourth-order valence-corrected chi connectivity index (χ4v) is 3.07. The summed E-state index contributed by atoms with van der Waals surface area (Å²) in [6, 6.07) is 18.8. The van der Waals surface area contributed by atoms with Gasteiger partial charge in [-0.05, 0) is 49.2 Å². The first-order valence-corrected chi connectivity index (χ1v) is 8.62. The molecular weight excluding hydrogens is 282 g/mol. The molecule has 0 aliphatic carbocycles. The minimum absolute atomic E-state index is 0.550. The van der Waals surface area contributed by atoms with E-state index < -0.39 is 0 Å². The highest BCUT2D eigenvalue weighted by Crippen LogP contribution is 2.26. The number of rotatable bonds is 6. The Morgan fingerprint density at radius 1 is 1.09 bits per heavy atom. The summed E-state index contributed by atoms with van der Waals surface area (Å²) < 4.78 is 5.93. The van der Waals surface area contributed by atoms with Crippen molar-refractivity contribution in [3.63, 3.8) is 0 Å². The largest absolute Gasteiger partial charge is 0.457 e. The van der Waals surface area contributed by atoms with Gasteiger partial charge >= 0.3 is 0 Å². The van der Waals surface area contributed by atoms with Gasteiger partial charge in [0.25, 0.3) is 0 Å². The topological polar surface area (TPSA) is 21.3 Å². The van der Waals surface area contributed by atoms with E-state index in [-0.39, 0.29) is 0 Å². The van der Waals surface area contributed by atoms with E-state index in [2.05, 4.69) is 36.5 Å². The third-order valence-electron chi connectivity index (χ3n) is 4.29. The highest BCUT2D eigenvalue weighted by molar-refractivity contribution is 5.57. The second-order valence-electron chi connectivity index (χ2n) is 6.11. The maximum Gasteiger partial charge on any atom is 0.128 e. The fourth-order valence-electron chi connectivity index (χ4n) is 3.07. The molecule has 3 rings (SSSR count). The summed E-state index contributed by atoms with van der Waals surface area (Å²) >= 11 is 0. The van der Waals surface area contributed by atoms with Crippen molar-refractivity contribution in [2.24, 2.45) is 0 Å². The van der Waals surface area contributed by atoms with Gasteiger partial charge < -0.3 is 10.1 Å². The molecule has 0 radical (unpaired) electrons. The lowest BCUT2D eigenvalue weighted by atomic mass is 10.00. The van der Waals surface area contributed by atoms with Crippen molar-refractivity contribution in [1.82, 2.24) is 5.32 Å². The standard InChI is InChI=1S/C21H25NO/c1-2-3-12-21-18(13-14-22-21)15-17-8-7-11-20(16-17)23-19-9-5-4-6-10-19/h4-11,15-16,21-22H,2-3,12-14H2,1H3/b18-15+. The SMILES string of the molecule is CCCCC1NCC/C1=C\c1cccc(Oc2ccccc2)c1. The normalized spacial score (nSPS) is 19.2. The van der Waals surface area contributed by atoms with Gasteiger partial charge in [0, 0.05) is 6.04 Å². The summed E-state index contributed by atoms with van der Waals surface area (Å²) in [5, 5.41) is 3.62. The lowest BCUT2D eigenvalue weighted by molar-refractivity contribution is 0.482. The molecule has 2 aromatic rings. The Bertz CT molecular complexity index is 648. The number of unbranched alkanes of at least 4 members (excludes halogenated alkanes) is 1. The van der Waals surface area contributed by atoms with Gasteiger partial charge in [-0.15, -0.1) is 0 Å². The number of hydrogen-bond acceptors (Lipinski definition) is 2. The Hall–Kier alpha value is -2.06. The Balaban J connectivity index is 1.73. The summed E-state index contributed by atoms with van der Waals surface area (Å²) in [6.07, 6.45) is 7.26. The maximum absolute atomic E-state index is 5.93. The number of ether oxygens (including phenoxy) is 1. The van der Waals surface area contributed by atoms with E-state index in [1.54, 1.807) is 0 Å². The van der Waals surface area contributed by atoms with E-state index in [1.165, 1.54) is 30.4 Å². The van der Waals surface area contributed by atoms with Crippen molar-refractivity contribution < 1.29 is 4.74 Å². The molecule has 1 aliphatic heterocycles. The van der Waals surface area contributed by atoms with Crippen molar-refractivity contribution in [3.05, 3.63) is 65.7 Å². The quantitative estimate of drug-likeness (QED) is 0.770. The van der Waals surface area contributed by atoms with Crippen molar-refractivity contribution in [1.29, 1.82) is 0 Å². The van der Waals surface area contributed by atoms with Gasteiger partial charge in [-0.1, -0.05) is 61.7 Å². The van der Waals surface area contributed by atoms with E-state index in [4.69, 9.17) is 4.74 Å². The summed E-state index contributed by atoms with van der Waals surface area (Å²) in [5.74, 6) is 1.77. The van der Waals surface area contributed by atoms with E-state index in [9.17, 15) is 0 Å². The zero-order valence-corrected chi connectivity index (χ0v) is 13.8. The zero-order chi connectivity index (χ0) is 15.9. The van der Waals surface area contributed by atoms with Crippen molar-refractivity contribution in [2.75, 3.05) is 6.54 Å². The average Bonchev–Trinajstić information content (AvgIpc) is 3.01. The van der Waals surface area contributed by atoms with Gasteiger partial charge in [-0.2, -0.15) is 0 Å². The third-order valence-corrected chi connectivity index (χ3v) is 4.29. The van der Waals surface area contributed by atoms with Crippen molar-refractivity contribution >= 4 is 6.08 Å². The predicted molar refractivity (Wildman–Crippen MR) is 96.9 cm³/mol. The molecule has 1 aliphatic rings. The van der Waals surface area contributed by atoms with E-state index in [0.717, 1.165) is 24.5 Å². The van der Waals surface area contributed by atoms with Gasteiger partial charge in [-0.3, -0.25) is 0 Å². The molecule has 0 bridgehead atoms. The molecule has 1 fully saturated rings. The van der Waals surface area contributed by atoms with E-state index in [1.807, 2.05) is 36.4 Å². The lowest BCUT2D eigenvalue weighted by Crippen LogP contribution is -2.22. The van der Waals surface area contributed by atoms with Crippen LogP contribution in [-0.4, -0.2) is 12.6 Å². The molecule has 0 amide bonds. The molecule has 1 saturated heterocycles. The molecule has 0 spiro atoms. The first-order chi connectivity index (χ1) is 11.3. The molecule has 2 nitrogen and oxygen atoms in total. The summed E-state index contributed by atoms with van der Waals surface area (Å²) in [6.45, 7) is 3.35. The van der Waals surface area contributed by atoms with Gasteiger partial charge in [0.2, 0.25) is 0 Å². The second-order valence-corrected chi connectivity index (χ2v) is 6.11. The zero-order valence-electron chi connectivity index (χ0n) is 13.8. The molecule has 2 heteroatoms. The monoisotopic (exact) mass is 307 g/mol. The molecule has 1 unspecified atom stereocenters. The van der Waals surface area contributed by atoms with Gasteiger partial charge in [0.1, 0.15) is 11.5 Å². The number of hydrogen-bond donors (Lipinski definition) is 1. The smallest absolute Gasteiger partial charge is 0.128 e. The van der Waals surface area contributed by atoms with Crippen molar-refractivity contribution in [3.8, 4) is 11.5 Å². The first-order valence-electron chi connectivity index (χ1n) is 8.62. The van der Waals surface area contributed by atoms with Crippen LogP contribution in [0.1, 0.15) is 38.2 Å². The second kappa shape index (κ2) is 7.98. The molecule has 1 N–H and O–H groups in total. The Morgan fingerprint density at radius 3 is 2.74 bits per heavy atom. The molecule has 1 heterocycles. The molecule has 0 saturated carbocycles. The number of nitrogens with one attached hydrogen (secondary N) is 1. The minimum Gasteiger partial charge on any atom is -0.457 e. The number of para-hydroxylation sites is 1. The summed E-state index contributed by atoms with van der Waals surface area (Å²) in [4.78, 5) is 0. The maximum atomic E-state index is 5.93. The summed E-state index contributed by atoms with van der Waals surface area (Å²) in [7, 11) is 0. The third kappa shape index (κ3) is 4.46. The molecular formula is C21H25NO. The van der Waals surface area contributed by atoms with Crippen LogP contribution >= 0.6 is 0 Å². The molecule has 2 aromatic carbocycles. The van der Waals surface area contributed by atoms with E-state index in [0.29, 0.717) is 6.04 Å². The molecule has 1 atom stereocenters. The van der Waals surface area contributed by atoms with Crippen molar-refractivity contribution in [2.45, 2.75) is 38.6 Å². The Morgan fingerprint density at radius 2 is 1.91 bits per heavy atom. The first kappa shape index (κ1) is 15.8. The predicted octanol–water partition coefficient (Wildman–Crippen LogP) is 5.41. The van der Waals surface area contributed by atoms with Gasteiger partial charge in [0.05, 0.1) is 0 Å². The van der Waals surface area contributed by atoms with Crippen LogP contribution in [0.15, 0.2) is 60.2 Å². The Kier molecular flexibility index (Phi) is 5.49. The van der Waals surface area contributed by atoms with Crippen LogP contribution in [-0.2, 0) is 0 Å². The minimum atomic E-state index is 0.550. The van der Waals surface area contributed by atoms with Crippen LogP contribution in [0.25, 0.3) is 6.08 Å². The van der Waals surface area contributed by atoms with Crippen LogP contribution in [0.4, 0.5) is 0 Å². The van der Waals surface area contributed by atoms with E-state index >= 15 is 0 Å². The highest BCUT2D eigenvalue weighted by Gasteiger charge is 2.19. The number of benzene rings is 2. The summed E-state index contributed by atoms with van der Waals surface area (Å²) in [5.41, 5.74) is 2.74. The highest BCUT2D eigenvalue weighted by atomic mass is 16.5. The average molecular weight is 307 g/mol. The molecule has 23 heavy (non-hydrogen) atoms. The van der Waals surface area contributed by atoms with Crippen LogP contribution in [0, 0.1) is 0 Å². The fraction of sp³-hybridized carbons (Fsp3) is 0.333. The van der Waals surface area contributed by atoms with Crippen LogP contribution < -0.4 is 10.1 Å². The molecule has 0 aromatic heterocycles. The van der Waals surface area contributed by atoms with Gasteiger partial charge in [-0.25, -0.2) is 0 Å². The van der Waals surface area contributed by atoms with Gasteiger partial charge in [0.15, 0.2) is 0 Å². The molecule has 120 valence electrons.